The van der Waals surface area contributed by atoms with E-state index in [0.29, 0.717) is 0 Å². The third kappa shape index (κ3) is 1.55. The lowest BCUT2D eigenvalue weighted by molar-refractivity contribution is 0.391. The van der Waals surface area contributed by atoms with E-state index in [1.165, 1.54) is 0 Å². The predicted octanol–water partition coefficient (Wildman–Crippen LogP) is 0.0957. The molecule has 0 aliphatic carbocycles. The minimum atomic E-state index is 0.746. The van der Waals surface area contributed by atoms with Crippen molar-refractivity contribution < 1.29 is 4.74 Å². The highest BCUT2D eigenvalue weighted by atomic mass is 16.5. The summed E-state index contributed by atoms with van der Waals surface area (Å²) in [5.41, 5.74) is 0. The van der Waals surface area contributed by atoms with E-state index in [1.54, 1.807) is 24.9 Å². The number of ether oxygens (including phenoxy) is 1. The van der Waals surface area contributed by atoms with Crippen LogP contribution in [0.1, 0.15) is 0 Å². The molecular weight excluding hydrogens is 104 g/mol. The first-order chi connectivity index (χ1) is 4.00. The summed E-state index contributed by atoms with van der Waals surface area (Å²) < 4.78 is 4.79. The third-order valence-electron chi connectivity index (χ3n) is 0.733. The van der Waals surface area contributed by atoms with Gasteiger partial charge in [0.05, 0.1) is 6.67 Å². The van der Waals surface area contributed by atoms with Gasteiger partial charge in [0.2, 0.25) is 0 Å². The molecule has 1 rings (SSSR count). The predicted molar refractivity (Wildman–Crippen MR) is 30.5 cm³/mol. The lowest BCUT2D eigenvalue weighted by atomic mass is 10.8. The van der Waals surface area contributed by atoms with Crippen LogP contribution in [-0.4, -0.2) is 6.67 Å². The van der Waals surface area contributed by atoms with Gasteiger partial charge in [-0.05, 0) is 0 Å². The second-order valence-corrected chi connectivity index (χ2v) is 1.33. The molecule has 0 atom stereocenters. The van der Waals surface area contributed by atoms with E-state index in [9.17, 15) is 0 Å². The molecule has 0 saturated heterocycles. The molecule has 0 fully saturated rings. The van der Waals surface area contributed by atoms with Crippen molar-refractivity contribution in [2.75, 3.05) is 6.67 Å². The molecule has 0 bridgehead atoms. The van der Waals surface area contributed by atoms with E-state index in [2.05, 4.69) is 10.6 Å². The van der Waals surface area contributed by atoms with Crippen molar-refractivity contribution in [3.05, 3.63) is 24.9 Å². The van der Waals surface area contributed by atoms with Gasteiger partial charge in [-0.1, -0.05) is 0 Å². The largest absolute Gasteiger partial charge is 0.470 e. The number of hydrogen-bond acceptors (Lipinski definition) is 3. The fraction of sp³-hybridized carbons (Fsp3) is 0.200. The Morgan fingerprint density at radius 3 is 2.38 bits per heavy atom. The summed E-state index contributed by atoms with van der Waals surface area (Å²) in [5, 5.41) is 5.84. The fourth-order valence-electron chi connectivity index (χ4n) is 0.397. The molecule has 0 unspecified atom stereocenters. The average molecular weight is 112 g/mol. The monoisotopic (exact) mass is 112 g/mol. The van der Waals surface area contributed by atoms with Crippen LogP contribution < -0.4 is 10.6 Å². The zero-order valence-corrected chi connectivity index (χ0v) is 4.42. The molecule has 0 saturated carbocycles. The highest BCUT2D eigenvalue weighted by Gasteiger charge is 1.76. The van der Waals surface area contributed by atoms with Crippen LogP contribution in [0.15, 0.2) is 24.9 Å². The maximum Gasteiger partial charge on any atom is 0.106 e. The van der Waals surface area contributed by atoms with E-state index in [4.69, 9.17) is 4.74 Å². The average Bonchev–Trinajstić information content (AvgIpc) is 1.62. The zero-order valence-electron chi connectivity index (χ0n) is 4.42. The first-order valence-corrected chi connectivity index (χ1v) is 2.42. The first kappa shape index (κ1) is 5.03. The summed E-state index contributed by atoms with van der Waals surface area (Å²) in [6.45, 7) is 0.746. The molecule has 0 spiro atoms. The summed E-state index contributed by atoms with van der Waals surface area (Å²) in [7, 11) is 0. The van der Waals surface area contributed by atoms with Crippen molar-refractivity contribution in [3.8, 4) is 0 Å². The molecule has 3 nitrogen and oxygen atoms in total. The van der Waals surface area contributed by atoms with Crippen LogP contribution in [0.5, 0.6) is 0 Å². The molecule has 3 heteroatoms. The lowest BCUT2D eigenvalue weighted by Crippen LogP contribution is -2.21. The maximum atomic E-state index is 4.79. The highest BCUT2D eigenvalue weighted by molar-refractivity contribution is 4.80. The summed E-state index contributed by atoms with van der Waals surface area (Å²) in [6.07, 6.45) is 6.63. The number of hydrogen-bond donors (Lipinski definition) is 2. The molecule has 0 radical (unpaired) electrons. The van der Waals surface area contributed by atoms with Gasteiger partial charge < -0.3 is 15.4 Å². The summed E-state index contributed by atoms with van der Waals surface area (Å²) >= 11 is 0. The molecule has 1 aliphatic rings. The molecule has 44 valence electrons. The van der Waals surface area contributed by atoms with Crippen molar-refractivity contribution in [3.63, 3.8) is 0 Å². The van der Waals surface area contributed by atoms with E-state index >= 15 is 0 Å². The molecule has 8 heavy (non-hydrogen) atoms. The Morgan fingerprint density at radius 1 is 1.12 bits per heavy atom. The van der Waals surface area contributed by atoms with Gasteiger partial charge in [-0.25, -0.2) is 0 Å². The van der Waals surface area contributed by atoms with E-state index in [1.807, 2.05) is 0 Å². The topological polar surface area (TPSA) is 33.3 Å². The number of nitrogens with one attached hydrogen (secondary N) is 2. The fourth-order valence-corrected chi connectivity index (χ4v) is 0.397. The normalized spacial score (nSPS) is 25.0. The second-order valence-electron chi connectivity index (χ2n) is 1.33. The zero-order chi connectivity index (χ0) is 5.66. The Morgan fingerprint density at radius 2 is 1.75 bits per heavy atom. The smallest absolute Gasteiger partial charge is 0.106 e. The van der Waals surface area contributed by atoms with Gasteiger partial charge in [0.15, 0.2) is 0 Å². The van der Waals surface area contributed by atoms with Gasteiger partial charge >= 0.3 is 0 Å². The Bertz CT molecular complexity index is 97.0. The first-order valence-electron chi connectivity index (χ1n) is 2.42. The molecule has 2 N–H and O–H groups in total. The van der Waals surface area contributed by atoms with Crippen LogP contribution in [0.2, 0.25) is 0 Å². The highest BCUT2D eigenvalue weighted by Crippen LogP contribution is 1.78. The van der Waals surface area contributed by atoms with E-state index in [-0.39, 0.29) is 0 Å². The quantitative estimate of drug-likeness (QED) is 0.466. The van der Waals surface area contributed by atoms with Crippen LogP contribution in [0.25, 0.3) is 0 Å². The molecule has 0 aromatic heterocycles. The van der Waals surface area contributed by atoms with Gasteiger partial charge in [0.25, 0.3) is 0 Å². The van der Waals surface area contributed by atoms with Gasteiger partial charge in [0, 0.05) is 12.4 Å². The van der Waals surface area contributed by atoms with Gasteiger partial charge in [0.1, 0.15) is 12.5 Å². The minimum absolute atomic E-state index is 0.746. The maximum absolute atomic E-state index is 4.79. The van der Waals surface area contributed by atoms with Crippen LogP contribution in [0.4, 0.5) is 0 Å². The molecule has 1 heterocycles. The Balaban J connectivity index is 2.31. The number of rotatable bonds is 0. The Hall–Kier alpha value is -1.12. The van der Waals surface area contributed by atoms with Gasteiger partial charge in [-0.3, -0.25) is 0 Å². The molecule has 0 aromatic rings. The Kier molecular flexibility index (Phi) is 1.86. The Labute approximate surface area is 48.0 Å². The van der Waals surface area contributed by atoms with Crippen LogP contribution in [0.3, 0.4) is 0 Å². The van der Waals surface area contributed by atoms with Crippen molar-refractivity contribution in [2.45, 2.75) is 0 Å². The SMILES string of the molecule is C1=C\O/C=C\NCN/1. The molecule has 0 amide bonds. The molecule has 0 aromatic carbocycles. The summed E-state index contributed by atoms with van der Waals surface area (Å²) in [5.74, 6) is 0. The second kappa shape index (κ2) is 2.96. The van der Waals surface area contributed by atoms with E-state index in [0.717, 1.165) is 6.67 Å². The van der Waals surface area contributed by atoms with E-state index < -0.39 is 0 Å². The van der Waals surface area contributed by atoms with Gasteiger partial charge in [-0.15, -0.1) is 0 Å². The minimum Gasteiger partial charge on any atom is -0.470 e. The van der Waals surface area contributed by atoms with Crippen molar-refractivity contribution in [2.24, 2.45) is 0 Å². The van der Waals surface area contributed by atoms with Crippen molar-refractivity contribution in [1.29, 1.82) is 0 Å². The molecule has 1 aliphatic heterocycles. The summed E-state index contributed by atoms with van der Waals surface area (Å²) in [6, 6.07) is 0. The van der Waals surface area contributed by atoms with Crippen LogP contribution in [0, 0.1) is 0 Å². The standard InChI is InChI=1S/C5H8N2O/c1-3-8-4-2-7-5-6-1/h1-4,6-7H,5H2/b3-1-,4-2-. The van der Waals surface area contributed by atoms with Crippen LogP contribution in [-0.2, 0) is 4.74 Å². The molecular formula is C5H8N2O. The summed E-state index contributed by atoms with van der Waals surface area (Å²) in [4.78, 5) is 0. The lowest BCUT2D eigenvalue weighted by Gasteiger charge is -2.01. The van der Waals surface area contributed by atoms with Gasteiger partial charge in [-0.2, -0.15) is 0 Å². The third-order valence-corrected chi connectivity index (χ3v) is 0.733. The van der Waals surface area contributed by atoms with Crippen molar-refractivity contribution >= 4 is 0 Å². The van der Waals surface area contributed by atoms with Crippen LogP contribution >= 0.6 is 0 Å². The van der Waals surface area contributed by atoms with Crippen molar-refractivity contribution in [1.82, 2.24) is 10.6 Å².